The molecule has 1 amide bonds. The molecule has 0 aliphatic carbocycles. The first-order valence-corrected chi connectivity index (χ1v) is 8.10. The van der Waals surface area contributed by atoms with Crippen LogP contribution in [0.3, 0.4) is 0 Å². The van der Waals surface area contributed by atoms with Crippen LogP contribution in [0, 0.1) is 0 Å². The number of H-pyrrole nitrogens is 1. The van der Waals surface area contributed by atoms with Crippen LogP contribution in [-0.2, 0) is 4.79 Å². The Kier molecular flexibility index (Phi) is 4.54. The molecule has 7 heteroatoms. The number of carbonyl (C=O) groups is 1. The largest absolute Gasteiger partial charge is 0.493 e. The van der Waals surface area contributed by atoms with E-state index in [-0.39, 0.29) is 18.3 Å². The topological polar surface area (TPSA) is 81.1 Å². The van der Waals surface area contributed by atoms with Crippen LogP contribution in [0.1, 0.15) is 19.3 Å². The van der Waals surface area contributed by atoms with Gasteiger partial charge in [0.2, 0.25) is 5.88 Å². The summed E-state index contributed by atoms with van der Waals surface area (Å²) in [5.41, 5.74) is 1.04. The number of nitrogens with one attached hydrogen (secondary N) is 1. The molecule has 116 valence electrons. The van der Waals surface area contributed by atoms with Crippen molar-refractivity contribution in [2.24, 2.45) is 10.2 Å². The molecule has 0 spiro atoms. The second kappa shape index (κ2) is 6.58. The number of halogens is 1. The third-order valence-electron chi connectivity index (χ3n) is 3.78. The van der Waals surface area contributed by atoms with Crippen LogP contribution in [0.4, 0.5) is 5.69 Å². The van der Waals surface area contributed by atoms with E-state index < -0.39 is 0 Å². The van der Waals surface area contributed by atoms with Crippen molar-refractivity contribution in [2.75, 3.05) is 19.6 Å². The molecule has 2 aromatic rings. The van der Waals surface area contributed by atoms with Gasteiger partial charge in [-0.25, -0.2) is 0 Å². The van der Waals surface area contributed by atoms with Gasteiger partial charge in [-0.1, -0.05) is 22.4 Å². The first-order valence-electron chi connectivity index (χ1n) is 7.30. The molecule has 0 atom stereocenters. The zero-order valence-electron chi connectivity index (χ0n) is 12.0. The smallest absolute Gasteiger partial charge is 0.278 e. The average molecular weight is 365 g/mol. The van der Waals surface area contributed by atoms with Crippen molar-refractivity contribution >= 4 is 38.4 Å². The molecule has 22 heavy (non-hydrogen) atoms. The minimum Gasteiger partial charge on any atom is -0.493 e. The number of aromatic nitrogens is 1. The van der Waals surface area contributed by atoms with E-state index in [0.29, 0.717) is 5.69 Å². The number of rotatable bonds is 3. The first kappa shape index (κ1) is 15.2. The van der Waals surface area contributed by atoms with E-state index in [1.807, 2.05) is 18.2 Å². The Morgan fingerprint density at radius 3 is 2.86 bits per heavy atom. The van der Waals surface area contributed by atoms with Crippen molar-refractivity contribution in [2.45, 2.75) is 19.3 Å². The molecule has 3 rings (SSSR count). The zero-order chi connectivity index (χ0) is 15.5. The van der Waals surface area contributed by atoms with Crippen LogP contribution in [0.25, 0.3) is 10.9 Å². The van der Waals surface area contributed by atoms with Crippen LogP contribution >= 0.6 is 15.9 Å². The van der Waals surface area contributed by atoms with Crippen molar-refractivity contribution in [3.8, 4) is 5.88 Å². The third kappa shape index (κ3) is 3.36. The maximum absolute atomic E-state index is 11.9. The predicted molar refractivity (Wildman–Crippen MR) is 87.5 cm³/mol. The number of aromatic hydroxyl groups is 1. The lowest BCUT2D eigenvalue weighted by atomic mass is 10.1. The van der Waals surface area contributed by atoms with Crippen LogP contribution < -0.4 is 0 Å². The fraction of sp³-hybridized carbons (Fsp3) is 0.400. The molecule has 0 unspecified atom stereocenters. The Morgan fingerprint density at radius 2 is 2.09 bits per heavy atom. The summed E-state index contributed by atoms with van der Waals surface area (Å²) in [6.07, 6.45) is 3.48. The van der Waals surface area contributed by atoms with E-state index in [9.17, 15) is 9.90 Å². The van der Waals surface area contributed by atoms with E-state index in [1.165, 1.54) is 6.42 Å². The summed E-state index contributed by atoms with van der Waals surface area (Å²) in [4.78, 5) is 16.8. The molecule has 1 fully saturated rings. The third-order valence-corrected chi connectivity index (χ3v) is 4.28. The van der Waals surface area contributed by atoms with E-state index >= 15 is 0 Å². The van der Waals surface area contributed by atoms with E-state index in [0.717, 1.165) is 41.3 Å². The number of carbonyl (C=O) groups excluding carboxylic acids is 1. The zero-order valence-corrected chi connectivity index (χ0v) is 13.6. The van der Waals surface area contributed by atoms with Gasteiger partial charge in [-0.05, 0) is 44.1 Å². The molecular formula is C15H17BrN4O2. The molecule has 1 aliphatic heterocycles. The van der Waals surface area contributed by atoms with Crippen LogP contribution in [0.5, 0.6) is 5.88 Å². The molecule has 0 saturated carbocycles. The minimum absolute atomic E-state index is 0.0809. The SMILES string of the molecule is O=C(CN1CCCCC1)N=Nc1c(O)[nH]c2ccc(Br)cc12. The normalized spacial score (nSPS) is 16.6. The number of likely N-dealkylation sites (tertiary alicyclic amines) is 1. The van der Waals surface area contributed by atoms with Gasteiger partial charge in [0.1, 0.15) is 0 Å². The molecular weight excluding hydrogens is 348 g/mol. The van der Waals surface area contributed by atoms with Crippen molar-refractivity contribution in [1.29, 1.82) is 0 Å². The average Bonchev–Trinajstić information content (AvgIpc) is 2.81. The van der Waals surface area contributed by atoms with Crippen molar-refractivity contribution in [1.82, 2.24) is 9.88 Å². The van der Waals surface area contributed by atoms with Crippen LogP contribution in [0.15, 0.2) is 32.9 Å². The Morgan fingerprint density at radius 1 is 1.32 bits per heavy atom. The summed E-state index contributed by atoms with van der Waals surface area (Å²) in [6.45, 7) is 2.16. The highest BCUT2D eigenvalue weighted by Crippen LogP contribution is 2.36. The van der Waals surface area contributed by atoms with Crippen molar-refractivity contribution in [3.05, 3.63) is 22.7 Å². The second-order valence-electron chi connectivity index (χ2n) is 5.44. The van der Waals surface area contributed by atoms with Gasteiger partial charge in [-0.2, -0.15) is 0 Å². The minimum atomic E-state index is -0.286. The Labute approximate surface area is 136 Å². The van der Waals surface area contributed by atoms with Gasteiger partial charge in [0, 0.05) is 9.86 Å². The number of hydrogen-bond donors (Lipinski definition) is 2. The summed E-state index contributed by atoms with van der Waals surface area (Å²) in [5.74, 6) is -0.367. The molecule has 1 saturated heterocycles. The summed E-state index contributed by atoms with van der Waals surface area (Å²) >= 11 is 3.38. The number of aromatic amines is 1. The van der Waals surface area contributed by atoms with Crippen LogP contribution in [0.2, 0.25) is 0 Å². The van der Waals surface area contributed by atoms with Gasteiger partial charge in [0.25, 0.3) is 5.91 Å². The molecule has 6 nitrogen and oxygen atoms in total. The number of azo groups is 1. The van der Waals surface area contributed by atoms with E-state index in [4.69, 9.17) is 0 Å². The van der Waals surface area contributed by atoms with Gasteiger partial charge >= 0.3 is 0 Å². The maximum Gasteiger partial charge on any atom is 0.278 e. The standard InChI is InChI=1S/C15H17BrN4O2/c16-10-4-5-12-11(8-10)14(15(22)17-12)19-18-13(21)9-20-6-2-1-3-7-20/h4-5,8,17,22H,1-3,6-7,9H2. The summed E-state index contributed by atoms with van der Waals surface area (Å²) in [5, 5.41) is 18.3. The number of amides is 1. The molecule has 0 radical (unpaired) electrons. The maximum atomic E-state index is 11.9. The highest BCUT2D eigenvalue weighted by molar-refractivity contribution is 9.10. The van der Waals surface area contributed by atoms with Gasteiger partial charge in [-0.15, -0.1) is 10.2 Å². The van der Waals surface area contributed by atoms with E-state index in [1.54, 1.807) is 0 Å². The molecule has 1 aromatic heterocycles. The summed E-state index contributed by atoms with van der Waals surface area (Å²) in [6, 6.07) is 5.52. The molecule has 0 bridgehead atoms. The molecule has 1 aromatic carbocycles. The lowest BCUT2D eigenvalue weighted by Crippen LogP contribution is -2.33. The van der Waals surface area contributed by atoms with E-state index in [2.05, 4.69) is 36.0 Å². The Hall–Kier alpha value is -1.73. The fourth-order valence-corrected chi connectivity index (χ4v) is 3.04. The summed E-state index contributed by atoms with van der Waals surface area (Å²) in [7, 11) is 0. The second-order valence-corrected chi connectivity index (χ2v) is 6.36. The lowest BCUT2D eigenvalue weighted by Gasteiger charge is -2.24. The highest BCUT2D eigenvalue weighted by Gasteiger charge is 2.15. The number of fused-ring (bicyclic) bond motifs is 1. The predicted octanol–water partition coefficient (Wildman–Crippen LogP) is 3.73. The highest BCUT2D eigenvalue weighted by atomic mass is 79.9. The quantitative estimate of drug-likeness (QED) is 0.814. The number of hydrogen-bond acceptors (Lipinski definition) is 4. The van der Waals surface area contributed by atoms with Crippen LogP contribution in [-0.4, -0.2) is 40.5 Å². The number of piperidine rings is 1. The Balaban J connectivity index is 1.75. The molecule has 2 heterocycles. The first-order chi connectivity index (χ1) is 10.6. The number of benzene rings is 1. The summed E-state index contributed by atoms with van der Waals surface area (Å²) < 4.78 is 0.870. The van der Waals surface area contributed by atoms with Crippen molar-refractivity contribution < 1.29 is 9.90 Å². The van der Waals surface area contributed by atoms with Crippen molar-refractivity contribution in [3.63, 3.8) is 0 Å². The fourth-order valence-electron chi connectivity index (χ4n) is 2.68. The number of nitrogens with zero attached hydrogens (tertiary/aromatic N) is 3. The van der Waals surface area contributed by atoms with Gasteiger partial charge in [0.15, 0.2) is 5.69 Å². The van der Waals surface area contributed by atoms with Gasteiger partial charge in [0.05, 0.1) is 12.1 Å². The van der Waals surface area contributed by atoms with Gasteiger partial charge < -0.3 is 10.1 Å². The Bertz CT molecular complexity index is 720. The van der Waals surface area contributed by atoms with Gasteiger partial charge in [-0.3, -0.25) is 9.69 Å². The molecule has 2 N–H and O–H groups in total. The lowest BCUT2D eigenvalue weighted by molar-refractivity contribution is -0.119. The molecule has 1 aliphatic rings. The monoisotopic (exact) mass is 364 g/mol.